The Hall–Kier alpha value is -1.14. The number of hydrogen-bond acceptors (Lipinski definition) is 5. The topological polar surface area (TPSA) is 104 Å². The van der Waals surface area contributed by atoms with Crippen LogP contribution in [0.2, 0.25) is 0 Å². The van der Waals surface area contributed by atoms with Crippen molar-refractivity contribution in [3.8, 4) is 0 Å². The molecule has 0 amide bonds. The number of ether oxygens (including phenoxy) is 1. The van der Waals surface area contributed by atoms with Gasteiger partial charge in [0.15, 0.2) is 0 Å². The quantitative estimate of drug-likeness (QED) is 0.0728. The van der Waals surface area contributed by atoms with Crippen LogP contribution in [0, 0.1) is 0 Å². The number of carbonyl (C=O) groups excluding carboxylic acids is 1. The molecule has 0 saturated carbocycles. The van der Waals surface area contributed by atoms with Crippen LogP contribution in [0.1, 0.15) is 168 Å². The summed E-state index contributed by atoms with van der Waals surface area (Å²) in [4.78, 5) is 21.5. The zero-order valence-electron chi connectivity index (χ0n) is 24.5. The van der Waals surface area contributed by atoms with Crippen molar-refractivity contribution < 1.29 is 29.6 Å². The number of aliphatic hydroxyl groups excluding tert-OH is 2. The average Bonchev–Trinajstić information content (AvgIpc) is 2.89. The molecular formula is C31H62O6. The number of unbranched alkanes of at least 4 members (excludes halogenated alkanes) is 20. The second kappa shape index (κ2) is 32.9. The van der Waals surface area contributed by atoms with E-state index in [1.54, 1.807) is 0 Å². The molecular weight excluding hydrogens is 468 g/mol. The van der Waals surface area contributed by atoms with E-state index in [1.807, 2.05) is 0 Å². The number of aliphatic hydroxyl groups is 2. The molecule has 0 rings (SSSR count). The maximum absolute atomic E-state index is 11.2. The fraction of sp³-hybridized carbons (Fsp3) is 0.935. The summed E-state index contributed by atoms with van der Waals surface area (Å²) >= 11 is 0. The molecule has 1 unspecified atom stereocenters. The Balaban J connectivity index is 0. The maximum atomic E-state index is 11.2. The average molecular weight is 531 g/mol. The second-order valence-electron chi connectivity index (χ2n) is 10.5. The molecule has 6 nitrogen and oxygen atoms in total. The van der Waals surface area contributed by atoms with Crippen molar-refractivity contribution in [1.29, 1.82) is 0 Å². The van der Waals surface area contributed by atoms with E-state index in [1.165, 1.54) is 116 Å². The molecule has 37 heavy (non-hydrogen) atoms. The van der Waals surface area contributed by atoms with Gasteiger partial charge in [-0.15, -0.1) is 0 Å². The highest BCUT2D eigenvalue weighted by molar-refractivity contribution is 5.69. The Morgan fingerprint density at radius 1 is 0.568 bits per heavy atom. The highest BCUT2D eigenvalue weighted by Gasteiger charge is 2.07. The molecule has 222 valence electrons. The first-order valence-electron chi connectivity index (χ1n) is 15.6. The molecule has 0 fully saturated rings. The Kier molecular flexibility index (Phi) is 33.8. The lowest BCUT2D eigenvalue weighted by Gasteiger charge is -2.08. The molecule has 1 atom stereocenters. The summed E-state index contributed by atoms with van der Waals surface area (Å²) in [6.45, 7) is 3.99. The van der Waals surface area contributed by atoms with Crippen LogP contribution in [0.3, 0.4) is 0 Å². The third kappa shape index (κ3) is 37.1. The van der Waals surface area contributed by atoms with E-state index in [2.05, 4.69) is 13.8 Å². The van der Waals surface area contributed by atoms with Gasteiger partial charge in [0.25, 0.3) is 0 Å². The van der Waals surface area contributed by atoms with Crippen LogP contribution in [0.25, 0.3) is 0 Å². The molecule has 0 radical (unpaired) electrons. The van der Waals surface area contributed by atoms with Crippen LogP contribution in [-0.4, -0.2) is 46.6 Å². The van der Waals surface area contributed by atoms with E-state index in [4.69, 9.17) is 20.1 Å². The van der Waals surface area contributed by atoms with E-state index in [9.17, 15) is 9.59 Å². The summed E-state index contributed by atoms with van der Waals surface area (Å²) in [6, 6.07) is 0. The van der Waals surface area contributed by atoms with Crippen LogP contribution < -0.4 is 0 Å². The monoisotopic (exact) mass is 530 g/mol. The maximum Gasteiger partial charge on any atom is 0.305 e. The summed E-state index contributed by atoms with van der Waals surface area (Å²) in [5, 5.41) is 26.0. The van der Waals surface area contributed by atoms with Gasteiger partial charge < -0.3 is 20.1 Å². The smallest absolute Gasteiger partial charge is 0.305 e. The fourth-order valence-corrected chi connectivity index (χ4v) is 4.19. The van der Waals surface area contributed by atoms with Crippen molar-refractivity contribution in [3.63, 3.8) is 0 Å². The van der Waals surface area contributed by atoms with Gasteiger partial charge in [-0.1, -0.05) is 142 Å². The van der Waals surface area contributed by atoms with Gasteiger partial charge in [0.05, 0.1) is 6.61 Å². The van der Waals surface area contributed by atoms with Gasteiger partial charge in [-0.05, 0) is 12.8 Å². The lowest BCUT2D eigenvalue weighted by Crippen LogP contribution is -2.21. The summed E-state index contributed by atoms with van der Waals surface area (Å²) in [5.41, 5.74) is 0. The molecule has 0 aliphatic carbocycles. The molecule has 6 heteroatoms. The Morgan fingerprint density at radius 2 is 0.892 bits per heavy atom. The van der Waals surface area contributed by atoms with Crippen LogP contribution in [0.15, 0.2) is 0 Å². The number of aliphatic carboxylic acids is 1. The van der Waals surface area contributed by atoms with Crippen molar-refractivity contribution in [2.75, 3.05) is 13.2 Å². The third-order valence-corrected chi connectivity index (χ3v) is 6.63. The van der Waals surface area contributed by atoms with Crippen LogP contribution in [0.4, 0.5) is 0 Å². The highest BCUT2D eigenvalue weighted by Crippen LogP contribution is 2.13. The first-order chi connectivity index (χ1) is 18.0. The summed E-state index contributed by atoms with van der Waals surface area (Å²) in [6.07, 6.45) is 27.8. The van der Waals surface area contributed by atoms with E-state index < -0.39 is 12.1 Å². The fourth-order valence-electron chi connectivity index (χ4n) is 4.19. The van der Waals surface area contributed by atoms with E-state index in [0.717, 1.165) is 25.7 Å². The summed E-state index contributed by atoms with van der Waals surface area (Å²) < 4.78 is 4.79. The second-order valence-corrected chi connectivity index (χ2v) is 10.5. The summed E-state index contributed by atoms with van der Waals surface area (Å²) in [5.74, 6) is -0.939. The van der Waals surface area contributed by atoms with Gasteiger partial charge in [0, 0.05) is 12.8 Å². The van der Waals surface area contributed by atoms with Gasteiger partial charge in [0.1, 0.15) is 12.7 Å². The first-order valence-corrected chi connectivity index (χ1v) is 15.6. The largest absolute Gasteiger partial charge is 0.481 e. The predicted molar refractivity (Wildman–Crippen MR) is 154 cm³/mol. The number of carbonyl (C=O) groups is 2. The Morgan fingerprint density at radius 3 is 1.22 bits per heavy atom. The van der Waals surface area contributed by atoms with Gasteiger partial charge in [0.2, 0.25) is 0 Å². The molecule has 0 spiro atoms. The number of carboxylic acids is 1. The van der Waals surface area contributed by atoms with Crippen LogP contribution >= 0.6 is 0 Å². The zero-order chi connectivity index (χ0) is 27.8. The predicted octanol–water partition coefficient (Wildman–Crippen LogP) is 8.36. The minimum absolute atomic E-state index is 0.105. The van der Waals surface area contributed by atoms with Crippen molar-refractivity contribution in [1.82, 2.24) is 0 Å². The standard InChI is InChI=1S/C18H36O2.C13H26O4/c1-2-3-4-5-6-7-8-9-10-11-12-13-14-15-16-17-18(19)20;1-2-3-4-5-6-7-8-9-13(16)17-11-12(15)10-14/h2-17H2,1H3,(H,19,20);12,14-15H,2-11H2,1H3. The Labute approximate surface area is 229 Å². The van der Waals surface area contributed by atoms with Gasteiger partial charge >= 0.3 is 11.9 Å². The van der Waals surface area contributed by atoms with Crippen molar-refractivity contribution in [2.24, 2.45) is 0 Å². The molecule has 0 aromatic heterocycles. The number of rotatable bonds is 27. The molecule has 0 heterocycles. The molecule has 0 aliphatic rings. The first kappa shape index (κ1) is 38.0. The SMILES string of the molecule is CCCCCCCCCC(=O)OCC(O)CO.CCCCCCCCCCCCCCCCCC(=O)O. The lowest BCUT2D eigenvalue weighted by atomic mass is 10.0. The third-order valence-electron chi connectivity index (χ3n) is 6.63. The molecule has 0 saturated heterocycles. The van der Waals surface area contributed by atoms with Gasteiger partial charge in [-0.2, -0.15) is 0 Å². The normalized spacial score (nSPS) is 11.6. The molecule has 0 aliphatic heterocycles. The Bertz CT molecular complexity index is 469. The molecule has 0 aromatic carbocycles. The van der Waals surface area contributed by atoms with E-state index >= 15 is 0 Å². The minimum Gasteiger partial charge on any atom is -0.481 e. The molecule has 0 bridgehead atoms. The zero-order valence-corrected chi connectivity index (χ0v) is 24.5. The van der Waals surface area contributed by atoms with Crippen molar-refractivity contribution in [3.05, 3.63) is 0 Å². The molecule has 3 N–H and O–H groups in total. The van der Waals surface area contributed by atoms with E-state index in [-0.39, 0.29) is 19.2 Å². The number of hydrogen-bond donors (Lipinski definition) is 3. The number of esters is 1. The van der Waals surface area contributed by atoms with Crippen LogP contribution in [0.5, 0.6) is 0 Å². The van der Waals surface area contributed by atoms with Gasteiger partial charge in [-0.25, -0.2) is 0 Å². The summed E-state index contributed by atoms with van der Waals surface area (Å²) in [7, 11) is 0. The lowest BCUT2D eigenvalue weighted by molar-refractivity contribution is -0.147. The van der Waals surface area contributed by atoms with Crippen molar-refractivity contribution in [2.45, 2.75) is 174 Å². The minimum atomic E-state index is -0.951. The van der Waals surface area contributed by atoms with E-state index in [0.29, 0.717) is 12.8 Å². The highest BCUT2D eigenvalue weighted by atomic mass is 16.5. The van der Waals surface area contributed by atoms with Crippen LogP contribution in [-0.2, 0) is 14.3 Å². The van der Waals surface area contributed by atoms with Gasteiger partial charge in [-0.3, -0.25) is 9.59 Å². The van der Waals surface area contributed by atoms with Crippen molar-refractivity contribution >= 4 is 11.9 Å². The number of carboxylic acid groups (broad SMARTS) is 1. The molecule has 0 aromatic rings.